The average molecular weight is 347 g/mol. The number of carbonyl (C=O) groups excluding carboxylic acids is 2. The average Bonchev–Trinajstić information content (AvgIpc) is 2.88. The van der Waals surface area contributed by atoms with Gasteiger partial charge in [0.25, 0.3) is 11.7 Å². The maximum Gasteiger partial charge on any atom is 0.296 e. The summed E-state index contributed by atoms with van der Waals surface area (Å²) >= 11 is 0. The van der Waals surface area contributed by atoms with Gasteiger partial charge in [-0.2, -0.15) is 5.10 Å². The fourth-order valence-corrected chi connectivity index (χ4v) is 3.14. The van der Waals surface area contributed by atoms with E-state index in [4.69, 9.17) is 0 Å². The molecule has 0 saturated carbocycles. The predicted octanol–water partition coefficient (Wildman–Crippen LogP) is 3.93. The summed E-state index contributed by atoms with van der Waals surface area (Å²) in [7, 11) is 0. The van der Waals surface area contributed by atoms with Crippen molar-refractivity contribution < 1.29 is 9.59 Å². The van der Waals surface area contributed by atoms with Crippen molar-refractivity contribution in [1.29, 1.82) is 0 Å². The van der Waals surface area contributed by atoms with E-state index in [0.29, 0.717) is 22.6 Å². The van der Waals surface area contributed by atoms with Crippen molar-refractivity contribution in [3.05, 3.63) is 76.6 Å². The van der Waals surface area contributed by atoms with Crippen molar-refractivity contribution >= 4 is 17.4 Å². The first-order valence-electron chi connectivity index (χ1n) is 8.42. The normalized spacial score (nSPS) is 10.6. The highest BCUT2D eigenvalue weighted by Crippen LogP contribution is 2.20. The summed E-state index contributed by atoms with van der Waals surface area (Å²) in [6.07, 6.45) is 0. The number of amides is 1. The van der Waals surface area contributed by atoms with Crippen molar-refractivity contribution in [3.63, 3.8) is 0 Å². The van der Waals surface area contributed by atoms with E-state index >= 15 is 0 Å². The summed E-state index contributed by atoms with van der Waals surface area (Å²) in [6.45, 7) is 7.43. The van der Waals surface area contributed by atoms with Crippen molar-refractivity contribution in [2.45, 2.75) is 27.7 Å². The third-order valence-corrected chi connectivity index (χ3v) is 4.20. The molecule has 26 heavy (non-hydrogen) atoms. The highest BCUT2D eigenvalue weighted by Gasteiger charge is 2.25. The molecule has 3 aromatic rings. The third-order valence-electron chi connectivity index (χ3n) is 4.20. The molecule has 0 saturated heterocycles. The second kappa shape index (κ2) is 6.96. The highest BCUT2D eigenvalue weighted by molar-refractivity contribution is 6.47. The lowest BCUT2D eigenvalue weighted by molar-refractivity contribution is -0.112. The zero-order valence-electron chi connectivity index (χ0n) is 15.3. The quantitative estimate of drug-likeness (QED) is 0.574. The number of aryl methyl sites for hydroxylation is 3. The van der Waals surface area contributed by atoms with Crippen LogP contribution in [-0.4, -0.2) is 21.5 Å². The molecule has 0 fully saturated rings. The number of ketones is 1. The second-order valence-electron chi connectivity index (χ2n) is 6.45. The minimum absolute atomic E-state index is 0.343. The van der Waals surface area contributed by atoms with Gasteiger partial charge in [-0.3, -0.25) is 9.59 Å². The lowest BCUT2D eigenvalue weighted by Crippen LogP contribution is -2.24. The van der Waals surface area contributed by atoms with Crippen LogP contribution in [0.5, 0.6) is 0 Å². The number of benzene rings is 2. The van der Waals surface area contributed by atoms with Crippen LogP contribution in [0, 0.1) is 27.7 Å². The van der Waals surface area contributed by atoms with Crippen LogP contribution < -0.4 is 5.32 Å². The number of Topliss-reactive ketones (excluding diaryl/α,β-unsaturated/α-hetero) is 1. The SMILES string of the molecule is Cc1cc(C)cc(NC(=O)C(=O)c2c(C)nn(-c3ccccc3)c2C)c1. The Morgan fingerprint density at radius 3 is 2.15 bits per heavy atom. The number of carbonyl (C=O) groups is 2. The van der Waals surface area contributed by atoms with Crippen molar-refractivity contribution in [3.8, 4) is 5.69 Å². The molecule has 1 aromatic heterocycles. The number of aromatic nitrogens is 2. The third kappa shape index (κ3) is 3.42. The van der Waals surface area contributed by atoms with Crippen molar-refractivity contribution in [2.75, 3.05) is 5.32 Å². The molecule has 0 aliphatic carbocycles. The van der Waals surface area contributed by atoms with E-state index in [0.717, 1.165) is 16.8 Å². The molecule has 5 nitrogen and oxygen atoms in total. The molecule has 1 N–H and O–H groups in total. The van der Waals surface area contributed by atoms with Gasteiger partial charge < -0.3 is 5.32 Å². The molecular weight excluding hydrogens is 326 g/mol. The van der Waals surface area contributed by atoms with Gasteiger partial charge in [0.05, 0.1) is 22.6 Å². The van der Waals surface area contributed by atoms with Crippen molar-refractivity contribution in [1.82, 2.24) is 9.78 Å². The largest absolute Gasteiger partial charge is 0.319 e. The van der Waals surface area contributed by atoms with Gasteiger partial charge in [-0.25, -0.2) is 4.68 Å². The maximum atomic E-state index is 12.7. The number of hydrogen-bond donors (Lipinski definition) is 1. The molecule has 0 unspecified atom stereocenters. The first-order chi connectivity index (χ1) is 12.4. The van der Waals surface area contributed by atoms with Crippen LogP contribution in [0.15, 0.2) is 48.5 Å². The van der Waals surface area contributed by atoms with Crippen LogP contribution in [0.1, 0.15) is 32.9 Å². The molecule has 5 heteroatoms. The fourth-order valence-electron chi connectivity index (χ4n) is 3.14. The maximum absolute atomic E-state index is 12.7. The molecule has 0 spiro atoms. The van der Waals surface area contributed by atoms with E-state index in [9.17, 15) is 9.59 Å². The molecule has 0 atom stereocenters. The van der Waals surface area contributed by atoms with E-state index in [2.05, 4.69) is 10.4 Å². The monoisotopic (exact) mass is 347 g/mol. The standard InChI is InChI=1S/C21H21N3O2/c1-13-10-14(2)12-17(11-13)22-21(26)20(25)19-15(3)23-24(16(19)4)18-8-6-5-7-9-18/h5-12H,1-4H3,(H,22,26). The van der Waals surface area contributed by atoms with Gasteiger partial charge in [-0.05, 0) is 63.1 Å². The van der Waals surface area contributed by atoms with Gasteiger partial charge >= 0.3 is 0 Å². The number of rotatable bonds is 4. The molecule has 0 aliphatic rings. The Bertz CT molecular complexity index is 968. The van der Waals surface area contributed by atoms with Crippen LogP contribution in [-0.2, 0) is 4.79 Å². The van der Waals surface area contributed by atoms with Gasteiger partial charge in [0.1, 0.15) is 0 Å². The minimum atomic E-state index is -0.659. The van der Waals surface area contributed by atoms with Gasteiger partial charge in [-0.1, -0.05) is 24.3 Å². The van der Waals surface area contributed by atoms with Gasteiger partial charge in [-0.15, -0.1) is 0 Å². The summed E-state index contributed by atoms with van der Waals surface area (Å²) in [6, 6.07) is 15.2. The topological polar surface area (TPSA) is 64.0 Å². The Morgan fingerprint density at radius 1 is 0.923 bits per heavy atom. The van der Waals surface area contributed by atoms with Crippen LogP contribution in [0.25, 0.3) is 5.69 Å². The molecule has 2 aromatic carbocycles. The predicted molar refractivity (Wildman–Crippen MR) is 102 cm³/mol. The summed E-state index contributed by atoms with van der Waals surface area (Å²) in [5, 5.41) is 7.13. The van der Waals surface area contributed by atoms with E-state index in [1.165, 1.54) is 0 Å². The Morgan fingerprint density at radius 2 is 1.54 bits per heavy atom. The van der Waals surface area contributed by atoms with Crippen LogP contribution in [0.2, 0.25) is 0 Å². The number of nitrogens with one attached hydrogen (secondary N) is 1. The number of anilines is 1. The van der Waals surface area contributed by atoms with Crippen LogP contribution in [0.3, 0.4) is 0 Å². The van der Waals surface area contributed by atoms with E-state index < -0.39 is 11.7 Å². The molecule has 0 bridgehead atoms. The lowest BCUT2D eigenvalue weighted by Gasteiger charge is -2.08. The molecule has 1 amide bonds. The number of hydrogen-bond acceptors (Lipinski definition) is 3. The van der Waals surface area contributed by atoms with Gasteiger partial charge in [0.2, 0.25) is 0 Å². The molecule has 1 heterocycles. The zero-order chi connectivity index (χ0) is 18.8. The summed E-state index contributed by atoms with van der Waals surface area (Å²) in [4.78, 5) is 25.2. The zero-order valence-corrected chi connectivity index (χ0v) is 15.3. The smallest absolute Gasteiger partial charge is 0.296 e. The van der Waals surface area contributed by atoms with Crippen LogP contribution in [0.4, 0.5) is 5.69 Å². The first kappa shape index (κ1) is 17.6. The lowest BCUT2D eigenvalue weighted by atomic mass is 10.1. The first-order valence-corrected chi connectivity index (χ1v) is 8.42. The summed E-state index contributed by atoms with van der Waals surface area (Å²) in [5.41, 5.74) is 5.04. The van der Waals surface area contributed by atoms with Crippen LogP contribution >= 0.6 is 0 Å². The fraction of sp³-hybridized carbons (Fsp3) is 0.190. The summed E-state index contributed by atoms with van der Waals surface area (Å²) in [5.74, 6) is -1.24. The van der Waals surface area contributed by atoms with Crippen molar-refractivity contribution in [2.24, 2.45) is 0 Å². The Kier molecular flexibility index (Phi) is 4.71. The van der Waals surface area contributed by atoms with Gasteiger partial charge in [0.15, 0.2) is 0 Å². The Hall–Kier alpha value is -3.21. The summed E-state index contributed by atoms with van der Waals surface area (Å²) < 4.78 is 1.69. The minimum Gasteiger partial charge on any atom is -0.319 e. The Balaban J connectivity index is 1.90. The highest BCUT2D eigenvalue weighted by atomic mass is 16.2. The second-order valence-corrected chi connectivity index (χ2v) is 6.45. The molecule has 0 radical (unpaired) electrons. The number of nitrogens with zero attached hydrogens (tertiary/aromatic N) is 2. The number of para-hydroxylation sites is 1. The van der Waals surface area contributed by atoms with E-state index in [-0.39, 0.29) is 0 Å². The van der Waals surface area contributed by atoms with Gasteiger partial charge in [0, 0.05) is 5.69 Å². The Labute approximate surface area is 152 Å². The molecular formula is C21H21N3O2. The molecule has 3 rings (SSSR count). The molecule has 0 aliphatic heterocycles. The molecule has 132 valence electrons. The van der Waals surface area contributed by atoms with E-state index in [1.54, 1.807) is 18.5 Å². The van der Waals surface area contributed by atoms with E-state index in [1.807, 2.05) is 62.4 Å².